The van der Waals surface area contributed by atoms with E-state index in [1.165, 1.54) is 6.42 Å². The van der Waals surface area contributed by atoms with Crippen molar-refractivity contribution in [2.24, 2.45) is 17.4 Å². The van der Waals surface area contributed by atoms with Gasteiger partial charge in [-0.3, -0.25) is 4.90 Å². The molecule has 6 heteroatoms. The molecule has 6 nitrogen and oxygen atoms in total. The molecule has 1 saturated heterocycles. The van der Waals surface area contributed by atoms with Crippen molar-refractivity contribution in [2.45, 2.75) is 39.1 Å². The highest BCUT2D eigenvalue weighted by Crippen LogP contribution is 2.22. The molecule has 2 rings (SSSR count). The lowest BCUT2D eigenvalue weighted by atomic mass is 9.97. The average molecular weight is 318 g/mol. The van der Waals surface area contributed by atoms with Gasteiger partial charge < -0.3 is 21.4 Å². The molecule has 128 valence electrons. The highest BCUT2D eigenvalue weighted by molar-refractivity contribution is 5.50. The van der Waals surface area contributed by atoms with Gasteiger partial charge in [0.2, 0.25) is 0 Å². The van der Waals surface area contributed by atoms with Crippen molar-refractivity contribution >= 4 is 6.08 Å². The summed E-state index contributed by atoms with van der Waals surface area (Å²) in [7, 11) is 1.95. The van der Waals surface area contributed by atoms with Gasteiger partial charge in [0.05, 0.1) is 17.9 Å². The van der Waals surface area contributed by atoms with E-state index in [0.29, 0.717) is 5.92 Å². The molecule has 1 aliphatic heterocycles. The lowest BCUT2D eigenvalue weighted by Crippen LogP contribution is -2.53. The first kappa shape index (κ1) is 17.9. The minimum absolute atomic E-state index is 0.362. The maximum absolute atomic E-state index is 5.85. The Hall–Kier alpha value is -1.47. The van der Waals surface area contributed by atoms with Gasteiger partial charge in [-0.25, -0.2) is 4.98 Å². The number of allylic oxidation sites excluding steroid dienone is 2. The molecule has 1 unspecified atom stereocenters. The molecule has 0 saturated carbocycles. The van der Waals surface area contributed by atoms with Gasteiger partial charge in [0, 0.05) is 19.6 Å². The summed E-state index contributed by atoms with van der Waals surface area (Å²) in [6.07, 6.45) is 7.83. The molecule has 1 aromatic rings. The Morgan fingerprint density at radius 1 is 1.48 bits per heavy atom. The summed E-state index contributed by atoms with van der Waals surface area (Å²) >= 11 is 0. The van der Waals surface area contributed by atoms with Crippen LogP contribution in [-0.4, -0.2) is 40.9 Å². The first-order valence-electron chi connectivity index (χ1n) is 8.31. The zero-order valence-corrected chi connectivity index (χ0v) is 14.3. The standard InChI is InChI=1S/C17H30N6/c1-4-5-8-15-13(2)21-16(10-20-3)23(15)12-14-7-6-9-22(11-14)17(18)19/h4-5,8,14,17,20H,1,6-7,9-12,18-19H2,2-3H3/b8-5-. The van der Waals surface area contributed by atoms with E-state index >= 15 is 0 Å². The SMILES string of the molecule is C=C/C=C\c1c(C)nc(CNC)n1CC1CCCN(C(N)N)C1. The Balaban J connectivity index is 2.22. The summed E-state index contributed by atoms with van der Waals surface area (Å²) in [5.41, 5.74) is 13.9. The van der Waals surface area contributed by atoms with Crippen molar-refractivity contribution in [2.75, 3.05) is 20.1 Å². The second kappa shape index (κ2) is 8.40. The quantitative estimate of drug-likeness (QED) is 0.516. The van der Waals surface area contributed by atoms with Crippen LogP contribution in [0.2, 0.25) is 0 Å². The van der Waals surface area contributed by atoms with Crippen molar-refractivity contribution in [3.05, 3.63) is 35.9 Å². The smallest absolute Gasteiger partial charge is 0.123 e. The van der Waals surface area contributed by atoms with Crippen LogP contribution in [0.1, 0.15) is 30.1 Å². The van der Waals surface area contributed by atoms with Crippen LogP contribution in [-0.2, 0) is 13.1 Å². The highest BCUT2D eigenvalue weighted by Gasteiger charge is 2.24. The molecule has 2 heterocycles. The fraction of sp³-hybridized carbons (Fsp3) is 0.588. The molecule has 1 atom stereocenters. The minimum Gasteiger partial charge on any atom is -0.327 e. The Kier molecular flexibility index (Phi) is 6.53. The van der Waals surface area contributed by atoms with Crippen LogP contribution < -0.4 is 16.8 Å². The molecule has 0 aliphatic carbocycles. The van der Waals surface area contributed by atoms with Crippen LogP contribution in [0, 0.1) is 12.8 Å². The summed E-state index contributed by atoms with van der Waals surface area (Å²) in [5.74, 6) is 1.61. The minimum atomic E-state index is -0.362. The molecular formula is C17H30N6. The van der Waals surface area contributed by atoms with Crippen molar-refractivity contribution in [3.63, 3.8) is 0 Å². The van der Waals surface area contributed by atoms with Gasteiger partial charge in [-0.05, 0) is 38.8 Å². The molecule has 1 aliphatic rings. The summed E-state index contributed by atoms with van der Waals surface area (Å²) in [4.78, 5) is 6.89. The van der Waals surface area contributed by atoms with Crippen LogP contribution in [0.4, 0.5) is 0 Å². The van der Waals surface area contributed by atoms with E-state index in [9.17, 15) is 0 Å². The predicted molar refractivity (Wildman–Crippen MR) is 95.4 cm³/mol. The summed E-state index contributed by atoms with van der Waals surface area (Å²) in [6, 6.07) is 0. The van der Waals surface area contributed by atoms with E-state index in [4.69, 9.17) is 16.5 Å². The Labute approximate surface area is 139 Å². The molecule has 0 aromatic carbocycles. The molecule has 23 heavy (non-hydrogen) atoms. The summed E-state index contributed by atoms with van der Waals surface area (Å²) in [5, 5.41) is 3.21. The number of aromatic nitrogens is 2. The second-order valence-electron chi connectivity index (χ2n) is 6.23. The number of hydrogen-bond acceptors (Lipinski definition) is 5. The number of imidazole rings is 1. The normalized spacial score (nSPS) is 19.8. The molecule has 0 radical (unpaired) electrons. The number of nitrogens with zero attached hydrogens (tertiary/aromatic N) is 3. The van der Waals surface area contributed by atoms with Gasteiger partial charge >= 0.3 is 0 Å². The third-order valence-corrected chi connectivity index (χ3v) is 4.41. The number of nitrogens with one attached hydrogen (secondary N) is 1. The number of nitrogens with two attached hydrogens (primary N) is 2. The van der Waals surface area contributed by atoms with E-state index in [1.54, 1.807) is 6.08 Å². The topological polar surface area (TPSA) is 85.1 Å². The number of likely N-dealkylation sites (tertiary alicyclic amines) is 1. The fourth-order valence-electron chi connectivity index (χ4n) is 3.29. The number of hydrogen-bond donors (Lipinski definition) is 3. The van der Waals surface area contributed by atoms with E-state index in [0.717, 1.165) is 49.8 Å². The Morgan fingerprint density at radius 3 is 2.91 bits per heavy atom. The second-order valence-corrected chi connectivity index (χ2v) is 6.23. The van der Waals surface area contributed by atoms with Crippen molar-refractivity contribution in [3.8, 4) is 0 Å². The lowest BCUT2D eigenvalue weighted by molar-refractivity contribution is 0.119. The van der Waals surface area contributed by atoms with Gasteiger partial charge in [-0.15, -0.1) is 0 Å². The van der Waals surface area contributed by atoms with Crippen molar-refractivity contribution < 1.29 is 0 Å². The average Bonchev–Trinajstić information content (AvgIpc) is 2.81. The molecule has 0 spiro atoms. The molecule has 5 N–H and O–H groups in total. The zero-order chi connectivity index (χ0) is 16.8. The van der Waals surface area contributed by atoms with Crippen LogP contribution >= 0.6 is 0 Å². The van der Waals surface area contributed by atoms with E-state index in [2.05, 4.69) is 34.4 Å². The lowest BCUT2D eigenvalue weighted by Gasteiger charge is -2.35. The predicted octanol–water partition coefficient (Wildman–Crippen LogP) is 1.02. The number of aryl methyl sites for hydroxylation is 1. The monoisotopic (exact) mass is 318 g/mol. The first-order valence-corrected chi connectivity index (χ1v) is 8.31. The van der Waals surface area contributed by atoms with Gasteiger partial charge in [0.25, 0.3) is 0 Å². The number of piperidine rings is 1. The zero-order valence-electron chi connectivity index (χ0n) is 14.3. The van der Waals surface area contributed by atoms with E-state index in [-0.39, 0.29) is 6.29 Å². The van der Waals surface area contributed by atoms with Crippen LogP contribution in [0.5, 0.6) is 0 Å². The van der Waals surface area contributed by atoms with Crippen molar-refractivity contribution in [1.29, 1.82) is 0 Å². The van der Waals surface area contributed by atoms with Gasteiger partial charge in [0.15, 0.2) is 0 Å². The van der Waals surface area contributed by atoms with Crippen LogP contribution in [0.15, 0.2) is 18.7 Å². The summed E-state index contributed by atoms with van der Waals surface area (Å²) < 4.78 is 2.32. The third-order valence-electron chi connectivity index (χ3n) is 4.41. The Morgan fingerprint density at radius 2 is 2.26 bits per heavy atom. The summed E-state index contributed by atoms with van der Waals surface area (Å²) in [6.45, 7) is 9.45. The van der Waals surface area contributed by atoms with Gasteiger partial charge in [-0.2, -0.15) is 0 Å². The molecule has 0 amide bonds. The highest BCUT2D eigenvalue weighted by atomic mass is 15.3. The Bertz CT molecular complexity index is 546. The largest absolute Gasteiger partial charge is 0.327 e. The maximum Gasteiger partial charge on any atom is 0.123 e. The molecule has 1 fully saturated rings. The van der Waals surface area contributed by atoms with E-state index in [1.807, 2.05) is 13.1 Å². The van der Waals surface area contributed by atoms with Crippen LogP contribution in [0.3, 0.4) is 0 Å². The molecule has 0 bridgehead atoms. The first-order chi connectivity index (χ1) is 11.1. The van der Waals surface area contributed by atoms with Crippen molar-refractivity contribution in [1.82, 2.24) is 19.8 Å². The van der Waals surface area contributed by atoms with Gasteiger partial charge in [0.1, 0.15) is 12.1 Å². The molecular weight excluding hydrogens is 288 g/mol. The fourth-order valence-corrected chi connectivity index (χ4v) is 3.29. The molecule has 1 aromatic heterocycles. The van der Waals surface area contributed by atoms with Crippen LogP contribution in [0.25, 0.3) is 6.08 Å². The third kappa shape index (κ3) is 4.51. The number of rotatable bonds is 7. The maximum atomic E-state index is 5.85. The van der Waals surface area contributed by atoms with E-state index < -0.39 is 0 Å². The van der Waals surface area contributed by atoms with Gasteiger partial charge in [-0.1, -0.05) is 18.7 Å².